The molecule has 2 amide bonds. The van der Waals surface area contributed by atoms with Crippen molar-refractivity contribution in [2.24, 2.45) is 11.3 Å². The fourth-order valence-corrected chi connectivity index (χ4v) is 3.54. The first-order valence-electron chi connectivity index (χ1n) is 9.73. The third-order valence-electron chi connectivity index (χ3n) is 5.07. The summed E-state index contributed by atoms with van der Waals surface area (Å²) < 4.78 is 0. The highest BCUT2D eigenvalue weighted by Gasteiger charge is 2.50. The molecule has 0 atom stereocenters. The molecule has 1 fully saturated rings. The molecule has 0 radical (unpaired) electrons. The van der Waals surface area contributed by atoms with Gasteiger partial charge in [-0.05, 0) is 18.8 Å². The molecule has 10 heteroatoms. The zero-order chi connectivity index (χ0) is 20.7. The van der Waals surface area contributed by atoms with Crippen LogP contribution in [0.25, 0.3) is 0 Å². The highest BCUT2D eigenvalue weighted by Crippen LogP contribution is 2.48. The number of nitrogens with one attached hydrogen (secondary N) is 2. The molecule has 1 aromatic rings. The summed E-state index contributed by atoms with van der Waals surface area (Å²) >= 11 is 0. The lowest BCUT2D eigenvalue weighted by molar-refractivity contribution is -0.170. The number of nitrogens with zero attached hydrogens (tertiary/aromatic N) is 5. The Morgan fingerprint density at radius 1 is 1.29 bits per heavy atom. The second-order valence-corrected chi connectivity index (χ2v) is 7.60. The van der Waals surface area contributed by atoms with Gasteiger partial charge < -0.3 is 4.90 Å². The topological polar surface area (TPSA) is 124 Å². The predicted octanol–water partition coefficient (Wildman–Crippen LogP) is 1.38. The third kappa shape index (κ3) is 5.28. The first-order chi connectivity index (χ1) is 13.3. The monoisotopic (exact) mass is 393 g/mol. The van der Waals surface area contributed by atoms with Gasteiger partial charge in [-0.15, -0.1) is 0 Å². The van der Waals surface area contributed by atoms with Crippen LogP contribution in [-0.2, 0) is 16.0 Å². The van der Waals surface area contributed by atoms with Crippen molar-refractivity contribution in [3.63, 3.8) is 0 Å². The molecule has 10 nitrogen and oxygen atoms in total. The molecule has 1 aromatic heterocycles. The standard InChI is InChI=1S/C18H31N7O3/c1-5-7-8-13-9-18(10-13,11-25(28)12-26)15(27)22-23-16-19-14(6-2)20-17(21-16)24(3)4/h12-13,28H,5-11H2,1-4H3,(H,22,27)(H,19,20,21,23). The molecule has 156 valence electrons. The number of hydrogen-bond acceptors (Lipinski definition) is 8. The van der Waals surface area contributed by atoms with Gasteiger partial charge >= 0.3 is 0 Å². The Kier molecular flexibility index (Phi) is 7.50. The van der Waals surface area contributed by atoms with E-state index in [4.69, 9.17) is 0 Å². The molecular formula is C18H31N7O3. The molecule has 0 bridgehead atoms. The van der Waals surface area contributed by atoms with E-state index in [0.29, 0.717) is 48.4 Å². The number of hydrazine groups is 1. The van der Waals surface area contributed by atoms with Crippen molar-refractivity contribution in [1.82, 2.24) is 25.4 Å². The maximum atomic E-state index is 12.9. The smallest absolute Gasteiger partial charge is 0.246 e. The van der Waals surface area contributed by atoms with Gasteiger partial charge in [0.1, 0.15) is 5.82 Å². The van der Waals surface area contributed by atoms with Gasteiger partial charge in [0.2, 0.25) is 24.2 Å². The maximum absolute atomic E-state index is 12.9. The Morgan fingerprint density at radius 2 is 2.00 bits per heavy atom. The average Bonchev–Trinajstić information content (AvgIpc) is 2.66. The Hall–Kier alpha value is -2.49. The van der Waals surface area contributed by atoms with E-state index in [1.54, 1.807) is 4.90 Å². The second-order valence-electron chi connectivity index (χ2n) is 7.60. The molecular weight excluding hydrogens is 362 g/mol. The zero-order valence-corrected chi connectivity index (χ0v) is 17.1. The van der Waals surface area contributed by atoms with Crippen molar-refractivity contribution in [3.8, 4) is 0 Å². The summed E-state index contributed by atoms with van der Waals surface area (Å²) in [5.41, 5.74) is 4.60. The SMILES string of the molecule is CCCCC1CC(CN(O)C=O)(C(=O)NNc2nc(CC)nc(N(C)C)n2)C1. The number of aromatic nitrogens is 3. The lowest BCUT2D eigenvalue weighted by Crippen LogP contribution is -2.56. The van der Waals surface area contributed by atoms with Crippen molar-refractivity contribution in [1.29, 1.82) is 0 Å². The van der Waals surface area contributed by atoms with E-state index < -0.39 is 5.41 Å². The minimum Gasteiger partial charge on any atom is -0.347 e. The molecule has 1 aliphatic rings. The number of rotatable bonds is 11. The average molecular weight is 393 g/mol. The fraction of sp³-hybridized carbons (Fsp3) is 0.722. The van der Waals surface area contributed by atoms with E-state index in [-0.39, 0.29) is 18.4 Å². The van der Waals surface area contributed by atoms with Gasteiger partial charge in [0.25, 0.3) is 0 Å². The van der Waals surface area contributed by atoms with Crippen LogP contribution >= 0.6 is 0 Å². The summed E-state index contributed by atoms with van der Waals surface area (Å²) in [6.07, 6.45) is 5.47. The molecule has 1 saturated carbocycles. The lowest BCUT2D eigenvalue weighted by atomic mass is 9.60. The first kappa shape index (κ1) is 21.8. The number of hydrogen-bond donors (Lipinski definition) is 3. The van der Waals surface area contributed by atoms with E-state index in [0.717, 1.165) is 19.3 Å². The van der Waals surface area contributed by atoms with Crippen molar-refractivity contribution < 1.29 is 14.8 Å². The molecule has 1 aliphatic carbocycles. The van der Waals surface area contributed by atoms with Crippen LogP contribution in [0.2, 0.25) is 0 Å². The fourth-order valence-electron chi connectivity index (χ4n) is 3.54. The van der Waals surface area contributed by atoms with E-state index in [9.17, 15) is 14.8 Å². The molecule has 0 spiro atoms. The number of amides is 2. The number of carbonyl (C=O) groups is 2. The van der Waals surface area contributed by atoms with Crippen molar-refractivity contribution in [2.45, 2.75) is 52.4 Å². The highest BCUT2D eigenvalue weighted by atomic mass is 16.5. The van der Waals surface area contributed by atoms with Crippen LogP contribution in [0.5, 0.6) is 0 Å². The Labute approximate surface area is 165 Å². The summed E-state index contributed by atoms with van der Waals surface area (Å²) in [6, 6.07) is 0. The molecule has 2 rings (SSSR count). The summed E-state index contributed by atoms with van der Waals surface area (Å²) in [5, 5.41) is 10.2. The molecule has 0 saturated heterocycles. The van der Waals surface area contributed by atoms with Gasteiger partial charge in [-0.3, -0.25) is 25.6 Å². The van der Waals surface area contributed by atoms with Crippen molar-refractivity contribution >= 4 is 24.2 Å². The minimum absolute atomic E-state index is 0.0347. The van der Waals surface area contributed by atoms with Gasteiger partial charge in [0, 0.05) is 20.5 Å². The molecule has 28 heavy (non-hydrogen) atoms. The van der Waals surface area contributed by atoms with Crippen LogP contribution < -0.4 is 15.8 Å². The molecule has 0 unspecified atom stereocenters. The summed E-state index contributed by atoms with van der Waals surface area (Å²) in [6.45, 7) is 4.03. The van der Waals surface area contributed by atoms with Gasteiger partial charge in [-0.25, -0.2) is 5.06 Å². The van der Waals surface area contributed by atoms with Crippen molar-refractivity contribution in [2.75, 3.05) is 31.0 Å². The maximum Gasteiger partial charge on any atom is 0.246 e. The number of unbranched alkanes of at least 4 members (excludes halogenated alkanes) is 1. The van der Waals surface area contributed by atoms with E-state index >= 15 is 0 Å². The normalized spacial score (nSPS) is 20.8. The zero-order valence-electron chi connectivity index (χ0n) is 17.1. The third-order valence-corrected chi connectivity index (χ3v) is 5.07. The van der Waals surface area contributed by atoms with E-state index in [1.165, 1.54) is 0 Å². The molecule has 0 aromatic carbocycles. The summed E-state index contributed by atoms with van der Waals surface area (Å²) in [4.78, 5) is 38.3. The van der Waals surface area contributed by atoms with E-state index in [2.05, 4.69) is 32.7 Å². The quantitative estimate of drug-likeness (QED) is 0.293. The highest BCUT2D eigenvalue weighted by molar-refractivity contribution is 5.85. The molecule has 1 heterocycles. The first-order valence-corrected chi connectivity index (χ1v) is 9.73. The largest absolute Gasteiger partial charge is 0.347 e. The lowest BCUT2D eigenvalue weighted by Gasteiger charge is -2.47. The van der Waals surface area contributed by atoms with Gasteiger partial charge in [0.05, 0.1) is 12.0 Å². The number of anilines is 2. The van der Waals surface area contributed by atoms with Crippen molar-refractivity contribution in [3.05, 3.63) is 5.82 Å². The second kappa shape index (κ2) is 9.63. The van der Waals surface area contributed by atoms with Crippen LogP contribution in [0.1, 0.15) is 51.8 Å². The summed E-state index contributed by atoms with van der Waals surface area (Å²) in [7, 11) is 3.65. The molecule has 0 aliphatic heterocycles. The van der Waals surface area contributed by atoms with Gasteiger partial charge in [-0.2, -0.15) is 15.0 Å². The van der Waals surface area contributed by atoms with Crippen LogP contribution in [0.3, 0.4) is 0 Å². The van der Waals surface area contributed by atoms with Gasteiger partial charge in [0.15, 0.2) is 0 Å². The Bertz CT molecular complexity index is 677. The minimum atomic E-state index is -0.813. The number of aryl methyl sites for hydroxylation is 1. The molecule has 3 N–H and O–H groups in total. The Morgan fingerprint density at radius 3 is 2.57 bits per heavy atom. The summed E-state index contributed by atoms with van der Waals surface area (Å²) in [5.74, 6) is 1.48. The van der Waals surface area contributed by atoms with Crippen LogP contribution in [0, 0.1) is 11.3 Å². The number of carbonyl (C=O) groups excluding carboxylic acids is 2. The van der Waals surface area contributed by atoms with E-state index in [1.807, 2.05) is 21.0 Å². The van der Waals surface area contributed by atoms with Gasteiger partial charge in [-0.1, -0.05) is 33.1 Å². The number of hydroxylamine groups is 2. The Balaban J connectivity index is 2.06. The van der Waals surface area contributed by atoms with Crippen LogP contribution in [0.15, 0.2) is 0 Å². The predicted molar refractivity (Wildman–Crippen MR) is 105 cm³/mol. The van der Waals surface area contributed by atoms with Crippen LogP contribution in [-0.4, -0.2) is 58.2 Å². The van der Waals surface area contributed by atoms with Crippen LogP contribution in [0.4, 0.5) is 11.9 Å².